The first-order valence-electron chi connectivity index (χ1n) is 10.6. The number of carbonyl (C=O) groups excluding carboxylic acids is 1. The topological polar surface area (TPSA) is 92.0 Å². The number of amides is 1. The van der Waals surface area contributed by atoms with Gasteiger partial charge in [-0.25, -0.2) is 9.79 Å². The Hall–Kier alpha value is -2.25. The van der Waals surface area contributed by atoms with Gasteiger partial charge < -0.3 is 24.8 Å². The summed E-state index contributed by atoms with van der Waals surface area (Å²) in [5.41, 5.74) is 0.473. The Kier molecular flexibility index (Phi) is 8.34. The van der Waals surface area contributed by atoms with E-state index >= 15 is 0 Å². The Labute approximate surface area is 174 Å². The van der Waals surface area contributed by atoms with Crippen molar-refractivity contribution in [3.8, 4) is 0 Å². The number of aromatic nitrogens is 1. The number of nitrogens with zero attached hydrogens (tertiary/aromatic N) is 3. The van der Waals surface area contributed by atoms with Crippen molar-refractivity contribution in [1.82, 2.24) is 20.7 Å². The normalized spacial score (nSPS) is 18.1. The largest absolute Gasteiger partial charge is 0.444 e. The van der Waals surface area contributed by atoms with Crippen LogP contribution in [0.15, 0.2) is 15.6 Å². The van der Waals surface area contributed by atoms with Crippen molar-refractivity contribution in [1.29, 1.82) is 0 Å². The van der Waals surface area contributed by atoms with E-state index in [0.717, 1.165) is 49.9 Å². The van der Waals surface area contributed by atoms with Crippen LogP contribution in [0.4, 0.5) is 4.79 Å². The summed E-state index contributed by atoms with van der Waals surface area (Å²) in [6.07, 6.45) is 1.83. The molecule has 8 heteroatoms. The average Bonchev–Trinajstić information content (AvgIpc) is 3.12. The number of hydrogen-bond donors (Lipinski definition) is 2. The number of aliphatic imine (C=N–C) groups is 1. The number of ether oxygens (including phenoxy) is 1. The second-order valence-electron chi connectivity index (χ2n) is 8.88. The number of likely N-dealkylation sites (tertiary alicyclic amines) is 1. The average molecular weight is 408 g/mol. The second kappa shape index (κ2) is 10.5. The van der Waals surface area contributed by atoms with Gasteiger partial charge in [0.05, 0.1) is 5.69 Å². The van der Waals surface area contributed by atoms with Gasteiger partial charge in [0.2, 0.25) is 0 Å². The second-order valence-corrected chi connectivity index (χ2v) is 8.88. The molecule has 1 aliphatic rings. The van der Waals surface area contributed by atoms with E-state index in [1.165, 1.54) is 0 Å². The van der Waals surface area contributed by atoms with Crippen LogP contribution in [0.5, 0.6) is 0 Å². The zero-order valence-corrected chi connectivity index (χ0v) is 18.7. The Morgan fingerprint density at radius 3 is 2.79 bits per heavy atom. The number of hydrogen-bond acceptors (Lipinski definition) is 5. The molecule has 164 valence electrons. The third-order valence-corrected chi connectivity index (χ3v) is 4.63. The lowest BCUT2D eigenvalue weighted by atomic mass is 9.98. The number of nitrogens with one attached hydrogen (secondary N) is 2. The fourth-order valence-electron chi connectivity index (χ4n) is 3.14. The van der Waals surface area contributed by atoms with E-state index in [9.17, 15) is 4.79 Å². The molecule has 2 heterocycles. The van der Waals surface area contributed by atoms with Gasteiger partial charge in [0.1, 0.15) is 12.1 Å². The molecule has 1 amide bonds. The maximum absolute atomic E-state index is 12.3. The molecule has 1 fully saturated rings. The molecule has 0 bridgehead atoms. The smallest absolute Gasteiger partial charge is 0.410 e. The molecule has 0 radical (unpaired) electrons. The van der Waals surface area contributed by atoms with E-state index in [1.54, 1.807) is 0 Å². The van der Waals surface area contributed by atoms with Crippen LogP contribution < -0.4 is 10.6 Å². The Balaban J connectivity index is 1.87. The Bertz CT molecular complexity index is 678. The van der Waals surface area contributed by atoms with Crippen molar-refractivity contribution in [2.75, 3.05) is 26.2 Å². The summed E-state index contributed by atoms with van der Waals surface area (Å²) >= 11 is 0. The first-order valence-corrected chi connectivity index (χ1v) is 10.6. The third kappa shape index (κ3) is 7.95. The lowest BCUT2D eigenvalue weighted by Crippen LogP contribution is -2.47. The molecular formula is C21H37N5O3. The molecule has 8 nitrogen and oxygen atoms in total. The lowest BCUT2D eigenvalue weighted by molar-refractivity contribution is 0.0168. The van der Waals surface area contributed by atoms with Crippen molar-refractivity contribution >= 4 is 12.1 Å². The zero-order chi connectivity index (χ0) is 21.4. The van der Waals surface area contributed by atoms with Crippen molar-refractivity contribution in [3.05, 3.63) is 17.5 Å². The molecule has 29 heavy (non-hydrogen) atoms. The number of piperidine rings is 1. The Morgan fingerprint density at radius 1 is 1.41 bits per heavy atom. The predicted octanol–water partition coefficient (Wildman–Crippen LogP) is 3.50. The van der Waals surface area contributed by atoms with Gasteiger partial charge in [-0.05, 0) is 52.4 Å². The van der Waals surface area contributed by atoms with Crippen LogP contribution in [0.2, 0.25) is 0 Å². The number of rotatable bonds is 6. The highest BCUT2D eigenvalue weighted by Gasteiger charge is 2.27. The molecule has 0 spiro atoms. The lowest BCUT2D eigenvalue weighted by Gasteiger charge is -2.34. The van der Waals surface area contributed by atoms with Gasteiger partial charge in [-0.15, -0.1) is 0 Å². The summed E-state index contributed by atoms with van der Waals surface area (Å²) in [5.74, 6) is 2.18. The van der Waals surface area contributed by atoms with Gasteiger partial charge in [-0.1, -0.05) is 19.0 Å². The van der Waals surface area contributed by atoms with Crippen LogP contribution in [0, 0.1) is 5.92 Å². The quantitative estimate of drug-likeness (QED) is 0.554. The zero-order valence-electron chi connectivity index (χ0n) is 18.7. The minimum atomic E-state index is -0.469. The van der Waals surface area contributed by atoms with Crippen LogP contribution in [0.3, 0.4) is 0 Å². The van der Waals surface area contributed by atoms with Crippen molar-refractivity contribution in [2.45, 2.75) is 72.4 Å². The minimum Gasteiger partial charge on any atom is -0.444 e. The molecule has 1 atom stereocenters. The summed E-state index contributed by atoms with van der Waals surface area (Å²) in [5, 5.41) is 10.7. The molecule has 2 rings (SSSR count). The van der Waals surface area contributed by atoms with Gasteiger partial charge in [0, 0.05) is 32.2 Å². The summed E-state index contributed by atoms with van der Waals surface area (Å²) < 4.78 is 10.9. The predicted molar refractivity (Wildman–Crippen MR) is 114 cm³/mol. The Morgan fingerprint density at radius 2 is 2.17 bits per heavy atom. The van der Waals surface area contributed by atoms with Gasteiger partial charge in [-0.2, -0.15) is 0 Å². The van der Waals surface area contributed by atoms with E-state index in [0.29, 0.717) is 24.9 Å². The fourth-order valence-corrected chi connectivity index (χ4v) is 3.14. The molecular weight excluding hydrogens is 370 g/mol. The first-order chi connectivity index (χ1) is 13.7. The van der Waals surface area contributed by atoms with Gasteiger partial charge in [0.25, 0.3) is 0 Å². The van der Waals surface area contributed by atoms with Crippen LogP contribution in [0.1, 0.15) is 71.8 Å². The van der Waals surface area contributed by atoms with Gasteiger partial charge in [0.15, 0.2) is 11.7 Å². The highest BCUT2D eigenvalue weighted by Crippen LogP contribution is 2.19. The van der Waals surface area contributed by atoms with E-state index < -0.39 is 5.60 Å². The van der Waals surface area contributed by atoms with E-state index in [1.807, 2.05) is 38.7 Å². The van der Waals surface area contributed by atoms with E-state index in [4.69, 9.17) is 9.26 Å². The minimum absolute atomic E-state index is 0.228. The van der Waals surface area contributed by atoms with Crippen LogP contribution >= 0.6 is 0 Å². The molecule has 0 saturated carbocycles. The number of guanidine groups is 1. The number of carbonyl (C=O) groups is 1. The molecule has 0 aliphatic carbocycles. The molecule has 1 aromatic rings. The molecule has 0 aromatic carbocycles. The van der Waals surface area contributed by atoms with Gasteiger partial charge >= 0.3 is 6.09 Å². The van der Waals surface area contributed by atoms with Crippen LogP contribution in [0.25, 0.3) is 0 Å². The first kappa shape index (κ1) is 23.0. The highest BCUT2D eigenvalue weighted by molar-refractivity contribution is 5.79. The van der Waals surface area contributed by atoms with Crippen molar-refractivity contribution in [2.24, 2.45) is 10.9 Å². The molecule has 2 N–H and O–H groups in total. The maximum atomic E-state index is 12.3. The summed E-state index contributed by atoms with van der Waals surface area (Å²) in [6.45, 7) is 15.3. The van der Waals surface area contributed by atoms with Gasteiger partial charge in [-0.3, -0.25) is 0 Å². The fraction of sp³-hybridized carbons (Fsp3) is 0.762. The van der Waals surface area contributed by atoms with Crippen LogP contribution in [-0.2, 0) is 11.3 Å². The molecule has 1 aromatic heterocycles. The highest BCUT2D eigenvalue weighted by atomic mass is 16.6. The summed E-state index contributed by atoms with van der Waals surface area (Å²) in [4.78, 5) is 18.8. The molecule has 1 saturated heterocycles. The standard InChI is InChI=1S/C21H37N5O3/c1-7-22-19(24-13-17-11-18(15(2)3)25-29-17)23-12-16-9-8-10-26(14-16)20(27)28-21(4,5)6/h11,15-16H,7-10,12-14H2,1-6H3,(H2,22,23,24). The monoisotopic (exact) mass is 407 g/mol. The van der Waals surface area contributed by atoms with E-state index in [-0.39, 0.29) is 6.09 Å². The summed E-state index contributed by atoms with van der Waals surface area (Å²) in [6, 6.07) is 1.96. The third-order valence-electron chi connectivity index (χ3n) is 4.63. The van der Waals surface area contributed by atoms with Crippen molar-refractivity contribution in [3.63, 3.8) is 0 Å². The molecule has 1 aliphatic heterocycles. The van der Waals surface area contributed by atoms with E-state index in [2.05, 4.69) is 34.6 Å². The SMILES string of the molecule is CCNC(=NCc1cc(C(C)C)no1)NCC1CCCN(C(=O)OC(C)(C)C)C1. The van der Waals surface area contributed by atoms with Crippen molar-refractivity contribution < 1.29 is 14.1 Å². The maximum Gasteiger partial charge on any atom is 0.410 e. The molecule has 1 unspecified atom stereocenters. The summed E-state index contributed by atoms with van der Waals surface area (Å²) in [7, 11) is 0. The van der Waals surface area contributed by atoms with Crippen LogP contribution in [-0.4, -0.2) is 53.9 Å².